The highest BCUT2D eigenvalue weighted by atomic mass is 16.5. The number of nitrogens with zero attached hydrogens (tertiary/aromatic N) is 2. The van der Waals surface area contributed by atoms with Crippen molar-refractivity contribution in [1.29, 1.82) is 0 Å². The Bertz CT molecular complexity index is 324. The van der Waals surface area contributed by atoms with E-state index in [1.54, 1.807) is 7.11 Å². The molecule has 0 aromatic carbocycles. The van der Waals surface area contributed by atoms with E-state index in [0.717, 1.165) is 38.1 Å². The zero-order chi connectivity index (χ0) is 12.7. The minimum atomic E-state index is 0.151. The monoisotopic (exact) mass is 240 g/mol. The van der Waals surface area contributed by atoms with Gasteiger partial charge < -0.3 is 4.74 Å². The van der Waals surface area contributed by atoms with Crippen LogP contribution < -0.4 is 11.3 Å². The summed E-state index contributed by atoms with van der Waals surface area (Å²) in [6.07, 6.45) is 2.90. The molecule has 1 atom stereocenters. The minimum absolute atomic E-state index is 0.151. The SMILES string of the molecule is CCc1cc(C(CCCOC)NN)n(CC)n1. The summed E-state index contributed by atoms with van der Waals surface area (Å²) in [6.45, 7) is 5.84. The van der Waals surface area contributed by atoms with Gasteiger partial charge in [0.05, 0.1) is 17.4 Å². The van der Waals surface area contributed by atoms with Crippen LogP contribution in [0, 0.1) is 0 Å². The third-order valence-corrected chi connectivity index (χ3v) is 2.92. The van der Waals surface area contributed by atoms with E-state index in [2.05, 4.69) is 30.4 Å². The van der Waals surface area contributed by atoms with Crippen molar-refractivity contribution in [3.8, 4) is 0 Å². The lowest BCUT2D eigenvalue weighted by molar-refractivity contribution is 0.188. The number of hydrogen-bond acceptors (Lipinski definition) is 4. The lowest BCUT2D eigenvalue weighted by Crippen LogP contribution is -2.30. The highest BCUT2D eigenvalue weighted by molar-refractivity contribution is 5.14. The van der Waals surface area contributed by atoms with Crippen molar-refractivity contribution in [3.05, 3.63) is 17.5 Å². The predicted molar refractivity (Wildman–Crippen MR) is 68.5 cm³/mol. The Kier molecular flexibility index (Phi) is 6.18. The molecule has 0 amide bonds. The second-order valence-electron chi connectivity index (χ2n) is 4.08. The maximum Gasteiger partial charge on any atom is 0.0630 e. The van der Waals surface area contributed by atoms with Gasteiger partial charge in [-0.2, -0.15) is 5.10 Å². The number of aryl methyl sites for hydroxylation is 2. The Hall–Kier alpha value is -0.910. The molecule has 3 N–H and O–H groups in total. The van der Waals surface area contributed by atoms with Gasteiger partial charge in [0, 0.05) is 20.3 Å². The fourth-order valence-corrected chi connectivity index (χ4v) is 1.94. The molecule has 17 heavy (non-hydrogen) atoms. The highest BCUT2D eigenvalue weighted by Gasteiger charge is 2.15. The van der Waals surface area contributed by atoms with Gasteiger partial charge in [0.15, 0.2) is 0 Å². The third kappa shape index (κ3) is 3.80. The van der Waals surface area contributed by atoms with E-state index in [4.69, 9.17) is 10.6 Å². The number of ether oxygens (including phenoxy) is 1. The average Bonchev–Trinajstić information content (AvgIpc) is 2.78. The molecule has 0 spiro atoms. The summed E-state index contributed by atoms with van der Waals surface area (Å²) in [4.78, 5) is 0. The topological polar surface area (TPSA) is 65.1 Å². The van der Waals surface area contributed by atoms with Gasteiger partial charge in [-0.05, 0) is 32.3 Å². The van der Waals surface area contributed by atoms with Gasteiger partial charge in [-0.25, -0.2) is 0 Å². The quantitative estimate of drug-likeness (QED) is 0.409. The molecule has 1 rings (SSSR count). The molecule has 1 unspecified atom stereocenters. The molecule has 5 heteroatoms. The number of aromatic nitrogens is 2. The first-order valence-corrected chi connectivity index (χ1v) is 6.28. The summed E-state index contributed by atoms with van der Waals surface area (Å²) < 4.78 is 7.09. The van der Waals surface area contributed by atoms with Crippen LogP contribution in [0.2, 0.25) is 0 Å². The second kappa shape index (κ2) is 7.42. The lowest BCUT2D eigenvalue weighted by Gasteiger charge is -2.16. The van der Waals surface area contributed by atoms with Crippen LogP contribution >= 0.6 is 0 Å². The van der Waals surface area contributed by atoms with Gasteiger partial charge in [0.2, 0.25) is 0 Å². The van der Waals surface area contributed by atoms with Gasteiger partial charge in [-0.15, -0.1) is 0 Å². The number of hydrogen-bond donors (Lipinski definition) is 2. The Morgan fingerprint density at radius 3 is 2.82 bits per heavy atom. The number of hydrazine groups is 1. The largest absolute Gasteiger partial charge is 0.385 e. The van der Waals surface area contributed by atoms with Crippen molar-refractivity contribution in [2.24, 2.45) is 5.84 Å². The maximum atomic E-state index is 5.63. The molecular weight excluding hydrogens is 216 g/mol. The van der Waals surface area contributed by atoms with Crippen molar-refractivity contribution < 1.29 is 4.74 Å². The average molecular weight is 240 g/mol. The zero-order valence-corrected chi connectivity index (χ0v) is 11.1. The van der Waals surface area contributed by atoms with Crippen LogP contribution in [-0.2, 0) is 17.7 Å². The molecule has 1 aromatic heterocycles. The van der Waals surface area contributed by atoms with Gasteiger partial charge >= 0.3 is 0 Å². The van der Waals surface area contributed by atoms with Crippen molar-refractivity contribution in [3.63, 3.8) is 0 Å². The van der Waals surface area contributed by atoms with E-state index < -0.39 is 0 Å². The maximum absolute atomic E-state index is 5.63. The molecular formula is C12H24N4O. The van der Waals surface area contributed by atoms with Crippen LogP contribution in [0.4, 0.5) is 0 Å². The smallest absolute Gasteiger partial charge is 0.0630 e. The van der Waals surface area contributed by atoms with Gasteiger partial charge in [-0.3, -0.25) is 16.0 Å². The van der Waals surface area contributed by atoms with Gasteiger partial charge in [0.25, 0.3) is 0 Å². The first kappa shape index (κ1) is 14.2. The number of nitrogens with one attached hydrogen (secondary N) is 1. The summed E-state index contributed by atoms with van der Waals surface area (Å²) in [5.74, 6) is 5.63. The summed E-state index contributed by atoms with van der Waals surface area (Å²) in [6, 6.07) is 2.29. The molecule has 1 heterocycles. The normalized spacial score (nSPS) is 12.9. The Balaban J connectivity index is 2.75. The summed E-state index contributed by atoms with van der Waals surface area (Å²) >= 11 is 0. The highest BCUT2D eigenvalue weighted by Crippen LogP contribution is 2.19. The van der Waals surface area contributed by atoms with E-state index in [1.165, 1.54) is 5.69 Å². The molecule has 0 saturated heterocycles. The van der Waals surface area contributed by atoms with Crippen molar-refractivity contribution in [1.82, 2.24) is 15.2 Å². The zero-order valence-electron chi connectivity index (χ0n) is 11.1. The van der Waals surface area contributed by atoms with E-state index in [1.807, 2.05) is 4.68 Å². The first-order valence-electron chi connectivity index (χ1n) is 6.28. The van der Waals surface area contributed by atoms with Crippen LogP contribution in [-0.4, -0.2) is 23.5 Å². The summed E-state index contributed by atoms with van der Waals surface area (Å²) in [5.41, 5.74) is 5.16. The van der Waals surface area contributed by atoms with Crippen LogP contribution in [0.25, 0.3) is 0 Å². The van der Waals surface area contributed by atoms with Crippen LogP contribution in [0.5, 0.6) is 0 Å². The van der Waals surface area contributed by atoms with Crippen LogP contribution in [0.15, 0.2) is 6.07 Å². The molecule has 0 aliphatic carbocycles. The summed E-state index contributed by atoms with van der Waals surface area (Å²) in [7, 11) is 1.72. The van der Waals surface area contributed by atoms with Gasteiger partial charge in [-0.1, -0.05) is 6.92 Å². The van der Waals surface area contributed by atoms with E-state index in [0.29, 0.717) is 0 Å². The minimum Gasteiger partial charge on any atom is -0.385 e. The second-order valence-corrected chi connectivity index (χ2v) is 4.08. The Labute approximate surface area is 103 Å². The molecule has 0 saturated carbocycles. The molecule has 5 nitrogen and oxygen atoms in total. The Morgan fingerprint density at radius 2 is 2.29 bits per heavy atom. The van der Waals surface area contributed by atoms with Crippen LogP contribution in [0.1, 0.15) is 44.1 Å². The van der Waals surface area contributed by atoms with Crippen molar-refractivity contribution in [2.75, 3.05) is 13.7 Å². The standard InChI is InChI=1S/C12H24N4O/c1-4-10-9-12(16(5-2)15-10)11(14-13)7-6-8-17-3/h9,11,14H,4-8,13H2,1-3H3. The van der Waals surface area contributed by atoms with Crippen molar-refractivity contribution >= 4 is 0 Å². The first-order chi connectivity index (χ1) is 8.26. The van der Waals surface area contributed by atoms with Crippen LogP contribution in [0.3, 0.4) is 0 Å². The molecule has 0 aliphatic heterocycles. The molecule has 0 aliphatic rings. The molecule has 98 valence electrons. The number of methoxy groups -OCH3 is 1. The predicted octanol–water partition coefficient (Wildman–Crippen LogP) is 1.40. The van der Waals surface area contributed by atoms with E-state index in [-0.39, 0.29) is 6.04 Å². The number of rotatable bonds is 8. The lowest BCUT2D eigenvalue weighted by atomic mass is 10.1. The van der Waals surface area contributed by atoms with Gasteiger partial charge in [0.1, 0.15) is 0 Å². The fourth-order valence-electron chi connectivity index (χ4n) is 1.94. The summed E-state index contributed by atoms with van der Waals surface area (Å²) in [5, 5.41) is 4.53. The van der Waals surface area contributed by atoms with E-state index in [9.17, 15) is 0 Å². The molecule has 0 radical (unpaired) electrons. The molecule has 0 bridgehead atoms. The van der Waals surface area contributed by atoms with E-state index >= 15 is 0 Å². The molecule has 0 fully saturated rings. The fraction of sp³-hybridized carbons (Fsp3) is 0.750. The third-order valence-electron chi connectivity index (χ3n) is 2.92. The van der Waals surface area contributed by atoms with Crippen molar-refractivity contribution in [2.45, 2.75) is 45.7 Å². The number of nitrogens with two attached hydrogens (primary N) is 1. The molecule has 1 aromatic rings. The Morgan fingerprint density at radius 1 is 1.53 bits per heavy atom.